The van der Waals surface area contributed by atoms with Gasteiger partial charge in [-0.25, -0.2) is 114 Å². The molecule has 0 saturated heterocycles. The maximum absolute atomic E-state index is 6.75. The van der Waals surface area contributed by atoms with Crippen LogP contribution in [0, 0.1) is 114 Å². The molecule has 0 heterocycles. The van der Waals surface area contributed by atoms with E-state index in [1.807, 2.05) is 0 Å². The van der Waals surface area contributed by atoms with E-state index in [1.54, 1.807) is 0 Å². The average Bonchev–Trinajstić information content (AvgIpc) is 3.05. The molecule has 0 aliphatic rings. The smallest absolute Gasteiger partial charge is 0 e. The maximum atomic E-state index is 6.75. The van der Waals surface area contributed by atoms with Gasteiger partial charge in [-0.1, -0.05) is 0 Å². The summed E-state index contributed by atoms with van der Waals surface area (Å²) in [7, 11) is 36.0. The molecule has 0 atom stereocenters. The zero-order valence-corrected chi connectivity index (χ0v) is 30.8. The van der Waals surface area contributed by atoms with Crippen molar-refractivity contribution in [2.45, 2.75) is 0 Å². The second kappa shape index (κ2) is 11900. The fourth-order valence-electron chi connectivity index (χ4n) is 0. The zero-order valence-electron chi connectivity index (χ0n) is 20.0. The minimum absolute atomic E-state index is 0. The first kappa shape index (κ1) is 161. The molecule has 16 N–H and O–H groups in total. The normalized spacial score (nSPS) is 2.67. The molecule has 0 aromatic heterocycles. The number of aliphatic hydroxyl groups excluding tert-OH is 16. The monoisotopic (exact) mass is 1240 g/mol. The summed E-state index contributed by atoms with van der Waals surface area (Å²) in [6, 6.07) is 0. The van der Waals surface area contributed by atoms with Crippen molar-refractivity contribution in [3.8, 4) is 0 Å². The van der Waals surface area contributed by atoms with Gasteiger partial charge in [-0.2, -0.15) is 0 Å². The molecule has 0 aromatic carbocycles. The summed E-state index contributed by atoms with van der Waals surface area (Å²) in [6.45, 7) is 0. The third-order valence-corrected chi connectivity index (χ3v) is 0. The van der Waals surface area contributed by atoms with Crippen LogP contribution in [-0.4, -0.2) is 81.7 Å². The van der Waals surface area contributed by atoms with Crippen molar-refractivity contribution in [2.75, 3.05) is 0 Å². The minimum Gasteiger partial charge on any atom is -0.569 e. The summed E-state index contributed by atoms with van der Waals surface area (Å²) in [6.07, 6.45) is 0. The molecule has 252 valence electrons. The SMILES string of the molecule is [CH2-]O.[CH2-]O.[CH2-]O.[CH2-]O.[CH2-]O.[CH2-]O.[CH2-]O.[CH2-]O.[CH2-]O.[CH2-]O.[CH2-]O.[CH2-]O.[CH2-]O.[CH2-]O.[CH2-]O.[CH2-]O.[Re].[Re].[Re].[Re]. The molecule has 16 nitrogen and oxygen atoms in total. The summed E-state index contributed by atoms with van der Waals surface area (Å²) in [5, 5.41) is 108. The van der Waals surface area contributed by atoms with Gasteiger partial charge < -0.3 is 81.7 Å². The number of hydrogen-bond acceptors (Lipinski definition) is 16. The second-order valence-corrected chi connectivity index (χ2v) is 0. The van der Waals surface area contributed by atoms with E-state index in [0.717, 1.165) is 0 Å². The average molecular weight is 1240 g/mol. The van der Waals surface area contributed by atoms with E-state index in [-0.39, 0.29) is 81.7 Å². The van der Waals surface area contributed by atoms with E-state index in [4.69, 9.17) is 81.7 Å². The molecule has 0 saturated carbocycles. The van der Waals surface area contributed by atoms with Gasteiger partial charge in [0.15, 0.2) is 0 Å². The van der Waals surface area contributed by atoms with Gasteiger partial charge in [0.1, 0.15) is 0 Å². The minimum atomic E-state index is 0. The fourth-order valence-corrected chi connectivity index (χ4v) is 0. The molecule has 0 spiro atoms. The molecule has 0 amide bonds. The van der Waals surface area contributed by atoms with Crippen LogP contribution < -0.4 is 0 Å². The van der Waals surface area contributed by atoms with E-state index < -0.39 is 0 Å². The van der Waals surface area contributed by atoms with Crippen molar-refractivity contribution >= 4 is 0 Å². The Morgan fingerprint density at radius 3 is 0.111 bits per heavy atom. The van der Waals surface area contributed by atoms with Gasteiger partial charge in [0.25, 0.3) is 0 Å². The van der Waals surface area contributed by atoms with Crippen molar-refractivity contribution in [1.29, 1.82) is 0 Å². The van der Waals surface area contributed by atoms with E-state index >= 15 is 0 Å². The van der Waals surface area contributed by atoms with E-state index in [0.29, 0.717) is 0 Å². The van der Waals surface area contributed by atoms with Gasteiger partial charge in [0.05, 0.1) is 0 Å². The molecule has 0 aromatic rings. The molecule has 0 unspecified atom stereocenters. The standard InChI is InChI=1S/16CH3O.4Re/c16*1-2;;;;/h16*2H,1H2;;;;/q16*-1;;;;. The predicted octanol–water partition coefficient (Wildman–Crippen LogP) is 2.40. The summed E-state index contributed by atoms with van der Waals surface area (Å²) in [5.74, 6) is 0. The van der Waals surface area contributed by atoms with Crippen LogP contribution in [0.15, 0.2) is 0 Å². The number of rotatable bonds is 0. The first-order chi connectivity index (χ1) is 16.0. The molecule has 4 radical (unpaired) electrons. The Morgan fingerprint density at radius 1 is 0.111 bits per heavy atom. The van der Waals surface area contributed by atoms with Crippen molar-refractivity contribution in [3.05, 3.63) is 114 Å². The number of aliphatic hydroxyl groups is 16. The van der Waals surface area contributed by atoms with Gasteiger partial charge in [-0.05, 0) is 0 Å². The Labute approximate surface area is 275 Å². The van der Waals surface area contributed by atoms with Crippen LogP contribution in [-0.2, 0) is 81.7 Å². The van der Waals surface area contributed by atoms with Crippen molar-refractivity contribution < 1.29 is 163 Å². The Hall–Kier alpha value is 2.01. The summed E-state index contributed by atoms with van der Waals surface area (Å²) >= 11 is 0. The molecule has 20 heteroatoms. The van der Waals surface area contributed by atoms with Crippen molar-refractivity contribution in [1.82, 2.24) is 0 Å². The quantitative estimate of drug-likeness (QED) is 0.155. The largest absolute Gasteiger partial charge is 0.569 e. The topological polar surface area (TPSA) is 324 Å². The Morgan fingerprint density at radius 2 is 0.111 bits per heavy atom. The molecular formula is C16H48O16Re4-16. The first-order valence-electron chi connectivity index (χ1n) is 5.06. The molecule has 36 heavy (non-hydrogen) atoms. The van der Waals surface area contributed by atoms with Crippen molar-refractivity contribution in [3.63, 3.8) is 0 Å². The molecular weight excluding hydrogens is 1190 g/mol. The van der Waals surface area contributed by atoms with Gasteiger partial charge >= 0.3 is 0 Å². The maximum Gasteiger partial charge on any atom is 0 e. The van der Waals surface area contributed by atoms with Crippen LogP contribution in [0.25, 0.3) is 0 Å². The summed E-state index contributed by atoms with van der Waals surface area (Å²) in [5.41, 5.74) is 0. The third kappa shape index (κ3) is 10900. The van der Waals surface area contributed by atoms with Gasteiger partial charge in [0, 0.05) is 81.7 Å². The summed E-state index contributed by atoms with van der Waals surface area (Å²) in [4.78, 5) is 0. The van der Waals surface area contributed by atoms with Crippen molar-refractivity contribution in [2.24, 2.45) is 0 Å². The van der Waals surface area contributed by atoms with Gasteiger partial charge in [-0.3, -0.25) is 0 Å². The van der Waals surface area contributed by atoms with Crippen LogP contribution in [0.3, 0.4) is 0 Å². The van der Waals surface area contributed by atoms with Crippen LogP contribution >= 0.6 is 0 Å². The van der Waals surface area contributed by atoms with E-state index in [1.165, 1.54) is 0 Å². The van der Waals surface area contributed by atoms with Crippen LogP contribution in [0.1, 0.15) is 0 Å². The molecule has 0 aliphatic heterocycles. The molecule has 0 rings (SSSR count). The van der Waals surface area contributed by atoms with Crippen LogP contribution in [0.4, 0.5) is 0 Å². The molecule has 0 bridgehead atoms. The Bertz CT molecular complexity index is 50.1. The second-order valence-electron chi connectivity index (χ2n) is 0. The van der Waals surface area contributed by atoms with Crippen LogP contribution in [0.5, 0.6) is 0 Å². The predicted molar refractivity (Wildman–Crippen MR) is 117 cm³/mol. The third-order valence-electron chi connectivity index (χ3n) is 0. The Balaban J connectivity index is -0.00000000418. The molecule has 0 fully saturated rings. The zero-order chi connectivity index (χ0) is 32.0. The van der Waals surface area contributed by atoms with Crippen LogP contribution in [0.2, 0.25) is 0 Å². The first-order valence-corrected chi connectivity index (χ1v) is 5.06. The van der Waals surface area contributed by atoms with E-state index in [2.05, 4.69) is 114 Å². The summed E-state index contributed by atoms with van der Waals surface area (Å²) < 4.78 is 0. The van der Waals surface area contributed by atoms with Gasteiger partial charge in [0.2, 0.25) is 0 Å². The Kier molecular flexibility index (Phi) is 53000. The molecule has 0 aliphatic carbocycles. The number of hydrogen-bond donors (Lipinski definition) is 16. The van der Waals surface area contributed by atoms with Gasteiger partial charge in [-0.15, -0.1) is 0 Å². The fraction of sp³-hybridized carbons (Fsp3) is 0. The van der Waals surface area contributed by atoms with E-state index in [9.17, 15) is 0 Å².